The minimum atomic E-state index is -1.36. The monoisotopic (exact) mass is 600 g/mol. The fourth-order valence-corrected chi connectivity index (χ4v) is 5.20. The van der Waals surface area contributed by atoms with Crippen LogP contribution >= 0.6 is 15.9 Å². The van der Waals surface area contributed by atoms with Crippen molar-refractivity contribution in [2.24, 2.45) is 0 Å². The molecule has 0 aliphatic carbocycles. The van der Waals surface area contributed by atoms with E-state index in [1.165, 1.54) is 6.20 Å². The van der Waals surface area contributed by atoms with Crippen LogP contribution in [0.3, 0.4) is 0 Å². The predicted octanol–water partition coefficient (Wildman–Crippen LogP) is 3.12. The number of esters is 1. The Morgan fingerprint density at radius 3 is 2.67 bits per heavy atom. The number of carbonyl (C=O) groups excluding carboxylic acids is 1. The molecule has 0 bridgehead atoms. The number of cyclic esters (lactones) is 1. The van der Waals surface area contributed by atoms with Crippen LogP contribution in [-0.2, 0) is 20.8 Å². The lowest BCUT2D eigenvalue weighted by molar-refractivity contribution is -0.134. The molecule has 4 heterocycles. The Bertz CT molecular complexity index is 1550. The maximum Gasteiger partial charge on any atom is 0.342 e. The number of carboxylic acid groups (broad SMARTS) is 1. The second kappa shape index (κ2) is 11.1. The highest BCUT2D eigenvalue weighted by atomic mass is 79.9. The van der Waals surface area contributed by atoms with Crippen LogP contribution < -0.4 is 10.3 Å². The summed E-state index contributed by atoms with van der Waals surface area (Å²) in [7, 11) is 0. The number of anilines is 1. The number of ether oxygens (including phenoxy) is 2. The van der Waals surface area contributed by atoms with Gasteiger partial charge in [-0.3, -0.25) is 9.69 Å². The van der Waals surface area contributed by atoms with Gasteiger partial charge in [-0.05, 0) is 30.7 Å². The number of benzene rings is 1. The van der Waals surface area contributed by atoms with E-state index in [1.807, 2.05) is 29.2 Å². The quantitative estimate of drug-likeness (QED) is 0.389. The average Bonchev–Trinajstić information content (AvgIpc) is 3.29. The standard InChI is InChI=1S/C27H26BrFN4O6/c1-2-32-14-19(26(35)36)23(34)18-13-20(29)25(30-24(18)32)33-8-6-31(7-9-33)10-11-38-21-15-39-27(37)22(21)16-4-3-5-17(28)12-16/h3-5,12-14H,2,6-11,15H2,1H3,(H,35,36). The van der Waals surface area contributed by atoms with Crippen LogP contribution in [0.25, 0.3) is 16.6 Å². The van der Waals surface area contributed by atoms with E-state index >= 15 is 4.39 Å². The molecule has 1 fully saturated rings. The average molecular weight is 601 g/mol. The Labute approximate surface area is 231 Å². The van der Waals surface area contributed by atoms with Crippen LogP contribution in [0.15, 0.2) is 51.6 Å². The highest BCUT2D eigenvalue weighted by molar-refractivity contribution is 9.10. The minimum absolute atomic E-state index is 0.0558. The van der Waals surface area contributed by atoms with Gasteiger partial charge in [-0.25, -0.2) is 19.0 Å². The molecule has 1 aromatic carbocycles. The van der Waals surface area contributed by atoms with Gasteiger partial charge in [-0.15, -0.1) is 0 Å². The number of piperazine rings is 1. The highest BCUT2D eigenvalue weighted by Crippen LogP contribution is 2.29. The van der Waals surface area contributed by atoms with Gasteiger partial charge in [0.05, 0.1) is 5.39 Å². The summed E-state index contributed by atoms with van der Waals surface area (Å²) in [5.41, 5.74) is 0.246. The van der Waals surface area contributed by atoms with E-state index in [0.29, 0.717) is 57.2 Å². The van der Waals surface area contributed by atoms with E-state index < -0.39 is 28.7 Å². The van der Waals surface area contributed by atoms with Crippen molar-refractivity contribution in [2.45, 2.75) is 13.5 Å². The zero-order chi connectivity index (χ0) is 27.7. The van der Waals surface area contributed by atoms with Crippen molar-refractivity contribution in [1.29, 1.82) is 0 Å². The zero-order valence-corrected chi connectivity index (χ0v) is 22.7. The van der Waals surface area contributed by atoms with Gasteiger partial charge >= 0.3 is 11.9 Å². The van der Waals surface area contributed by atoms with Crippen molar-refractivity contribution in [3.8, 4) is 0 Å². The van der Waals surface area contributed by atoms with Gasteiger partial charge in [-0.1, -0.05) is 28.1 Å². The summed E-state index contributed by atoms with van der Waals surface area (Å²) >= 11 is 3.42. The van der Waals surface area contributed by atoms with Crippen molar-refractivity contribution < 1.29 is 28.6 Å². The van der Waals surface area contributed by atoms with Gasteiger partial charge in [-0.2, -0.15) is 0 Å². The van der Waals surface area contributed by atoms with Crippen LogP contribution in [0, 0.1) is 5.82 Å². The van der Waals surface area contributed by atoms with Crippen molar-refractivity contribution in [3.05, 3.63) is 73.9 Å². The van der Waals surface area contributed by atoms with Gasteiger partial charge in [0.15, 0.2) is 11.6 Å². The molecular weight excluding hydrogens is 575 g/mol. The first kappa shape index (κ1) is 26.8. The highest BCUT2D eigenvalue weighted by Gasteiger charge is 2.29. The third kappa shape index (κ3) is 5.39. The summed E-state index contributed by atoms with van der Waals surface area (Å²) < 4.78 is 28.6. The summed E-state index contributed by atoms with van der Waals surface area (Å²) in [6.07, 6.45) is 1.25. The molecule has 1 saturated heterocycles. The molecule has 2 aromatic heterocycles. The molecule has 10 nitrogen and oxygen atoms in total. The molecule has 5 rings (SSSR count). The Morgan fingerprint density at radius 1 is 1.21 bits per heavy atom. The fraction of sp³-hybridized carbons (Fsp3) is 0.333. The maximum absolute atomic E-state index is 15.1. The summed E-state index contributed by atoms with van der Waals surface area (Å²) in [5.74, 6) is -1.80. The van der Waals surface area contributed by atoms with E-state index in [-0.39, 0.29) is 23.5 Å². The van der Waals surface area contributed by atoms with Gasteiger partial charge in [0.2, 0.25) is 5.43 Å². The van der Waals surface area contributed by atoms with Gasteiger partial charge < -0.3 is 24.0 Å². The molecule has 12 heteroatoms. The molecule has 0 atom stereocenters. The van der Waals surface area contributed by atoms with Crippen LogP contribution in [0.5, 0.6) is 0 Å². The number of aromatic carboxylic acids is 1. The number of hydrogen-bond donors (Lipinski definition) is 1. The number of hydrogen-bond acceptors (Lipinski definition) is 8. The number of rotatable bonds is 8. The van der Waals surface area contributed by atoms with Crippen LogP contribution in [0.4, 0.5) is 10.2 Å². The third-order valence-electron chi connectivity index (χ3n) is 6.84. The molecule has 39 heavy (non-hydrogen) atoms. The van der Waals surface area contributed by atoms with E-state index in [9.17, 15) is 19.5 Å². The molecule has 2 aliphatic heterocycles. The number of pyridine rings is 2. The summed E-state index contributed by atoms with van der Waals surface area (Å²) in [6, 6.07) is 8.48. The topological polar surface area (TPSA) is 114 Å². The summed E-state index contributed by atoms with van der Waals surface area (Å²) in [5, 5.41) is 9.28. The molecule has 3 aromatic rings. The number of aromatic nitrogens is 2. The first-order chi connectivity index (χ1) is 18.8. The number of carbonyl (C=O) groups is 2. The van der Waals surface area contributed by atoms with Crippen LogP contribution in [0.1, 0.15) is 22.8 Å². The van der Waals surface area contributed by atoms with Crippen molar-refractivity contribution in [1.82, 2.24) is 14.5 Å². The Hall–Kier alpha value is -3.77. The number of nitrogens with zero attached hydrogens (tertiary/aromatic N) is 4. The van der Waals surface area contributed by atoms with Crippen molar-refractivity contribution >= 4 is 50.3 Å². The smallest absolute Gasteiger partial charge is 0.342 e. The summed E-state index contributed by atoms with van der Waals surface area (Å²) in [6.45, 7) is 5.52. The normalized spacial score (nSPS) is 16.2. The molecule has 0 amide bonds. The first-order valence-electron chi connectivity index (χ1n) is 12.5. The molecule has 0 spiro atoms. The zero-order valence-electron chi connectivity index (χ0n) is 21.2. The number of halogens is 2. The van der Waals surface area contributed by atoms with Crippen molar-refractivity contribution in [2.75, 3.05) is 50.8 Å². The molecule has 2 aliphatic rings. The maximum atomic E-state index is 15.1. The van der Waals surface area contributed by atoms with E-state index in [0.717, 1.165) is 16.1 Å². The second-order valence-corrected chi connectivity index (χ2v) is 10.1. The largest absolute Gasteiger partial charge is 0.492 e. The van der Waals surface area contributed by atoms with E-state index in [4.69, 9.17) is 9.47 Å². The molecule has 0 radical (unpaired) electrons. The number of aryl methyl sites for hydroxylation is 1. The predicted molar refractivity (Wildman–Crippen MR) is 145 cm³/mol. The number of carboxylic acids is 1. The van der Waals surface area contributed by atoms with E-state index in [2.05, 4.69) is 25.8 Å². The minimum Gasteiger partial charge on any atom is -0.492 e. The Morgan fingerprint density at radius 2 is 1.97 bits per heavy atom. The lowest BCUT2D eigenvalue weighted by Gasteiger charge is -2.35. The van der Waals surface area contributed by atoms with Gasteiger partial charge in [0.1, 0.15) is 35.8 Å². The van der Waals surface area contributed by atoms with Gasteiger partial charge in [0, 0.05) is 49.9 Å². The summed E-state index contributed by atoms with van der Waals surface area (Å²) in [4.78, 5) is 44.7. The van der Waals surface area contributed by atoms with E-state index in [1.54, 1.807) is 11.5 Å². The molecule has 1 N–H and O–H groups in total. The first-order valence-corrected chi connectivity index (χ1v) is 13.3. The fourth-order valence-electron chi connectivity index (χ4n) is 4.80. The molecular formula is C27H26BrFN4O6. The van der Waals surface area contributed by atoms with Crippen LogP contribution in [0.2, 0.25) is 0 Å². The van der Waals surface area contributed by atoms with Gasteiger partial charge in [0.25, 0.3) is 0 Å². The Balaban J connectivity index is 1.24. The third-order valence-corrected chi connectivity index (χ3v) is 7.33. The lowest BCUT2D eigenvalue weighted by Crippen LogP contribution is -2.48. The second-order valence-electron chi connectivity index (χ2n) is 9.19. The van der Waals surface area contributed by atoms with Crippen LogP contribution in [-0.4, -0.2) is 77.4 Å². The lowest BCUT2D eigenvalue weighted by atomic mass is 10.1. The molecule has 204 valence electrons. The number of fused-ring (bicyclic) bond motifs is 1. The van der Waals surface area contributed by atoms with Crippen molar-refractivity contribution in [3.63, 3.8) is 0 Å². The molecule has 0 unspecified atom stereocenters. The SMILES string of the molecule is CCn1cc(C(=O)O)c(=O)c2cc(F)c(N3CCN(CCOC4=C(c5cccc(Br)c5)C(=O)OC4)CC3)nc21. The molecule has 0 saturated carbocycles. The Kier molecular flexibility index (Phi) is 7.67.